The summed E-state index contributed by atoms with van der Waals surface area (Å²) < 4.78 is 1.06. The van der Waals surface area contributed by atoms with Crippen molar-refractivity contribution in [3.05, 3.63) is 20.8 Å². The van der Waals surface area contributed by atoms with E-state index in [9.17, 15) is 4.79 Å². The quantitative estimate of drug-likeness (QED) is 0.878. The molecule has 0 aliphatic carbocycles. The summed E-state index contributed by atoms with van der Waals surface area (Å²) in [6.07, 6.45) is 0.393. The SMILES string of the molecule is CC(C)C(N)CC(=O)NCc1cc(Br)cs1. The molecule has 0 saturated carbocycles. The van der Waals surface area contributed by atoms with Crippen molar-refractivity contribution >= 4 is 33.2 Å². The Kier molecular flexibility index (Phi) is 5.44. The number of nitrogens with two attached hydrogens (primary N) is 1. The van der Waals surface area contributed by atoms with Crippen LogP contribution in [0.25, 0.3) is 0 Å². The van der Waals surface area contributed by atoms with Gasteiger partial charge in [0.1, 0.15) is 0 Å². The third kappa shape index (κ3) is 4.63. The molecule has 3 N–H and O–H groups in total. The molecule has 1 heterocycles. The average Bonchev–Trinajstić information content (AvgIpc) is 2.61. The van der Waals surface area contributed by atoms with Crippen molar-refractivity contribution < 1.29 is 4.79 Å². The normalized spacial score (nSPS) is 12.8. The Morgan fingerprint density at radius 2 is 2.31 bits per heavy atom. The van der Waals surface area contributed by atoms with Crippen LogP contribution in [0.15, 0.2) is 15.9 Å². The van der Waals surface area contributed by atoms with Gasteiger partial charge in [-0.25, -0.2) is 0 Å². The van der Waals surface area contributed by atoms with Crippen LogP contribution in [-0.2, 0) is 11.3 Å². The molecule has 1 aromatic heterocycles. The molecule has 0 fully saturated rings. The van der Waals surface area contributed by atoms with Gasteiger partial charge in [-0.2, -0.15) is 0 Å². The number of amides is 1. The van der Waals surface area contributed by atoms with Crippen LogP contribution in [0.1, 0.15) is 25.1 Å². The Bertz CT molecular complexity index is 352. The van der Waals surface area contributed by atoms with E-state index in [1.54, 1.807) is 11.3 Å². The number of nitrogens with one attached hydrogen (secondary N) is 1. The standard InChI is InChI=1S/C11H17BrN2OS/c1-7(2)10(13)4-11(15)14-5-9-3-8(12)6-16-9/h3,6-7,10H,4-5,13H2,1-2H3,(H,14,15). The fraction of sp³-hybridized carbons (Fsp3) is 0.545. The third-order valence-corrected chi connectivity index (χ3v) is 4.06. The molecule has 0 saturated heterocycles. The van der Waals surface area contributed by atoms with Crippen LogP contribution in [0.5, 0.6) is 0 Å². The second-order valence-electron chi connectivity index (χ2n) is 4.12. The molecule has 0 bridgehead atoms. The molecular formula is C11H17BrN2OS. The van der Waals surface area contributed by atoms with Gasteiger partial charge >= 0.3 is 0 Å². The number of hydrogen-bond donors (Lipinski definition) is 2. The third-order valence-electron chi connectivity index (χ3n) is 2.36. The molecule has 1 amide bonds. The van der Waals surface area contributed by atoms with Crippen LogP contribution in [0.2, 0.25) is 0 Å². The highest BCUT2D eigenvalue weighted by atomic mass is 79.9. The number of carbonyl (C=O) groups is 1. The van der Waals surface area contributed by atoms with Crippen LogP contribution in [-0.4, -0.2) is 11.9 Å². The van der Waals surface area contributed by atoms with E-state index >= 15 is 0 Å². The van der Waals surface area contributed by atoms with Crippen LogP contribution in [0.3, 0.4) is 0 Å². The van der Waals surface area contributed by atoms with E-state index in [0.29, 0.717) is 18.9 Å². The van der Waals surface area contributed by atoms with Crippen molar-refractivity contribution in [2.75, 3.05) is 0 Å². The molecule has 0 radical (unpaired) electrons. The Balaban J connectivity index is 2.30. The summed E-state index contributed by atoms with van der Waals surface area (Å²) in [4.78, 5) is 12.7. The fourth-order valence-electron chi connectivity index (χ4n) is 1.15. The molecule has 0 spiro atoms. The van der Waals surface area contributed by atoms with Crippen LogP contribution in [0, 0.1) is 5.92 Å². The largest absolute Gasteiger partial charge is 0.351 e. The van der Waals surface area contributed by atoms with E-state index in [0.717, 1.165) is 9.35 Å². The van der Waals surface area contributed by atoms with Gasteiger partial charge in [-0.1, -0.05) is 13.8 Å². The Hall–Kier alpha value is -0.390. The maximum Gasteiger partial charge on any atom is 0.221 e. The van der Waals surface area contributed by atoms with Gasteiger partial charge in [-0.15, -0.1) is 11.3 Å². The summed E-state index contributed by atoms with van der Waals surface area (Å²) in [5, 5.41) is 4.87. The summed E-state index contributed by atoms with van der Waals surface area (Å²) in [5.41, 5.74) is 5.82. The monoisotopic (exact) mass is 304 g/mol. The molecule has 3 nitrogen and oxygen atoms in total. The van der Waals surface area contributed by atoms with Crippen LogP contribution >= 0.6 is 27.3 Å². The lowest BCUT2D eigenvalue weighted by atomic mass is 10.0. The molecule has 0 aliphatic rings. The van der Waals surface area contributed by atoms with Gasteiger partial charge in [0, 0.05) is 27.2 Å². The highest BCUT2D eigenvalue weighted by Gasteiger charge is 2.12. The maximum atomic E-state index is 11.5. The summed E-state index contributed by atoms with van der Waals surface area (Å²) >= 11 is 5.00. The average molecular weight is 305 g/mol. The topological polar surface area (TPSA) is 55.1 Å². The number of thiophene rings is 1. The number of halogens is 1. The minimum Gasteiger partial charge on any atom is -0.351 e. The maximum absolute atomic E-state index is 11.5. The van der Waals surface area contributed by atoms with E-state index in [4.69, 9.17) is 5.73 Å². The lowest BCUT2D eigenvalue weighted by molar-refractivity contribution is -0.121. The zero-order chi connectivity index (χ0) is 12.1. The Morgan fingerprint density at radius 1 is 1.62 bits per heavy atom. The van der Waals surface area contributed by atoms with Gasteiger partial charge in [0.05, 0.1) is 6.54 Å². The molecule has 90 valence electrons. The molecule has 16 heavy (non-hydrogen) atoms. The minimum atomic E-state index is -0.0601. The van der Waals surface area contributed by atoms with Crippen molar-refractivity contribution in [3.63, 3.8) is 0 Å². The first-order valence-corrected chi connectivity index (χ1v) is 6.91. The van der Waals surface area contributed by atoms with Gasteiger partial charge in [0.25, 0.3) is 0 Å². The predicted octanol–water partition coefficient (Wildman–Crippen LogP) is 2.50. The fourth-order valence-corrected chi connectivity index (χ4v) is 2.54. The second kappa shape index (κ2) is 6.37. The van der Waals surface area contributed by atoms with Crippen molar-refractivity contribution in [2.45, 2.75) is 32.9 Å². The minimum absolute atomic E-state index is 0.0192. The van der Waals surface area contributed by atoms with Gasteiger partial charge in [-0.05, 0) is 27.9 Å². The molecule has 5 heteroatoms. The predicted molar refractivity (Wildman–Crippen MR) is 71.3 cm³/mol. The first-order chi connectivity index (χ1) is 7.49. The van der Waals surface area contributed by atoms with Gasteiger partial charge in [0.15, 0.2) is 0 Å². The molecule has 0 aliphatic heterocycles. The van der Waals surface area contributed by atoms with Gasteiger partial charge in [-0.3, -0.25) is 4.79 Å². The van der Waals surface area contributed by atoms with Crippen molar-refractivity contribution in [3.8, 4) is 0 Å². The molecule has 1 atom stereocenters. The van der Waals surface area contributed by atoms with E-state index < -0.39 is 0 Å². The van der Waals surface area contributed by atoms with E-state index in [1.165, 1.54) is 0 Å². The first-order valence-electron chi connectivity index (χ1n) is 5.24. The number of carbonyl (C=O) groups excluding carboxylic acids is 1. The van der Waals surface area contributed by atoms with Crippen molar-refractivity contribution in [1.29, 1.82) is 0 Å². The highest BCUT2D eigenvalue weighted by molar-refractivity contribution is 9.10. The van der Waals surface area contributed by atoms with Crippen LogP contribution < -0.4 is 11.1 Å². The van der Waals surface area contributed by atoms with E-state index in [2.05, 4.69) is 21.2 Å². The zero-order valence-electron chi connectivity index (χ0n) is 9.50. The number of hydrogen-bond acceptors (Lipinski definition) is 3. The molecular weight excluding hydrogens is 288 g/mol. The van der Waals surface area contributed by atoms with Crippen LogP contribution in [0.4, 0.5) is 0 Å². The van der Waals surface area contributed by atoms with Gasteiger partial charge < -0.3 is 11.1 Å². The Labute approximate surface area is 109 Å². The summed E-state index contributed by atoms with van der Waals surface area (Å²) in [6.45, 7) is 4.63. The molecule has 0 aromatic carbocycles. The molecule has 1 rings (SSSR count). The van der Waals surface area contributed by atoms with Crippen molar-refractivity contribution in [1.82, 2.24) is 5.32 Å². The molecule has 1 unspecified atom stereocenters. The first kappa shape index (κ1) is 13.7. The van der Waals surface area contributed by atoms with E-state index in [1.807, 2.05) is 25.3 Å². The summed E-state index contributed by atoms with van der Waals surface area (Å²) in [6, 6.07) is 1.95. The summed E-state index contributed by atoms with van der Waals surface area (Å²) in [5.74, 6) is 0.354. The summed E-state index contributed by atoms with van der Waals surface area (Å²) in [7, 11) is 0. The molecule has 1 aromatic rings. The second-order valence-corrected chi connectivity index (χ2v) is 6.03. The van der Waals surface area contributed by atoms with E-state index in [-0.39, 0.29) is 11.9 Å². The lowest BCUT2D eigenvalue weighted by Crippen LogP contribution is -2.34. The number of rotatable bonds is 5. The lowest BCUT2D eigenvalue weighted by Gasteiger charge is -2.14. The smallest absolute Gasteiger partial charge is 0.221 e. The van der Waals surface area contributed by atoms with Crippen molar-refractivity contribution in [2.24, 2.45) is 11.7 Å². The zero-order valence-corrected chi connectivity index (χ0v) is 11.9. The van der Waals surface area contributed by atoms with Gasteiger partial charge in [0.2, 0.25) is 5.91 Å². The Morgan fingerprint density at radius 3 is 2.81 bits per heavy atom. The highest BCUT2D eigenvalue weighted by Crippen LogP contribution is 2.19.